The third-order valence-corrected chi connectivity index (χ3v) is 4.92. The van der Waals surface area contributed by atoms with Crippen LogP contribution >= 0.6 is 23.2 Å². The van der Waals surface area contributed by atoms with Gasteiger partial charge in [0.15, 0.2) is 6.61 Å². The first-order chi connectivity index (χ1) is 12.0. The largest absolute Gasteiger partial charge is 0.455 e. The van der Waals surface area contributed by atoms with Crippen molar-refractivity contribution in [1.82, 2.24) is 0 Å². The van der Waals surface area contributed by atoms with E-state index in [9.17, 15) is 9.59 Å². The molecule has 1 amide bonds. The van der Waals surface area contributed by atoms with E-state index in [0.717, 1.165) is 24.8 Å². The number of benzene rings is 2. The van der Waals surface area contributed by atoms with Crippen LogP contribution in [0.4, 0.5) is 5.69 Å². The van der Waals surface area contributed by atoms with E-state index in [-0.39, 0.29) is 18.1 Å². The lowest BCUT2D eigenvalue weighted by Gasteiger charge is -2.09. The van der Waals surface area contributed by atoms with Crippen molar-refractivity contribution < 1.29 is 14.3 Å². The molecule has 1 N–H and O–H groups in total. The molecule has 0 fully saturated rings. The molecule has 130 valence electrons. The molecular weight excluding hydrogens is 361 g/mol. The molecule has 0 aliphatic heterocycles. The molecule has 2 aromatic rings. The molecule has 0 atom stereocenters. The average Bonchev–Trinajstić information content (AvgIpc) is 3.05. The Kier molecular flexibility index (Phi) is 5.61. The standard InChI is InChI=1S/C19H17Cl2NO3/c20-15-5-2-6-16(19(15)21)22-17(23)11-25-18(24)10-12-7-8-13-3-1-4-14(13)9-12/h2,5-9H,1,3-4,10-11H2,(H,22,23). The van der Waals surface area contributed by atoms with Gasteiger partial charge in [0.2, 0.25) is 0 Å². The predicted octanol–water partition coefficient (Wildman–Crippen LogP) is 4.21. The van der Waals surface area contributed by atoms with E-state index in [1.54, 1.807) is 18.2 Å². The van der Waals surface area contributed by atoms with Crippen LogP contribution in [0.3, 0.4) is 0 Å². The molecule has 2 aromatic carbocycles. The van der Waals surface area contributed by atoms with Crippen LogP contribution in [0.15, 0.2) is 36.4 Å². The summed E-state index contributed by atoms with van der Waals surface area (Å²) >= 11 is 11.9. The molecule has 0 spiro atoms. The average molecular weight is 378 g/mol. The van der Waals surface area contributed by atoms with Gasteiger partial charge in [-0.3, -0.25) is 9.59 Å². The summed E-state index contributed by atoms with van der Waals surface area (Å²) in [4.78, 5) is 23.8. The Hall–Kier alpha value is -2.04. The number of hydrogen-bond acceptors (Lipinski definition) is 3. The number of ether oxygens (including phenoxy) is 1. The van der Waals surface area contributed by atoms with Gasteiger partial charge in [0, 0.05) is 0 Å². The van der Waals surface area contributed by atoms with E-state index >= 15 is 0 Å². The molecule has 0 radical (unpaired) electrons. The fourth-order valence-corrected chi connectivity index (χ4v) is 3.23. The zero-order chi connectivity index (χ0) is 17.8. The highest BCUT2D eigenvalue weighted by Crippen LogP contribution is 2.29. The smallest absolute Gasteiger partial charge is 0.310 e. The minimum Gasteiger partial charge on any atom is -0.455 e. The number of esters is 1. The zero-order valence-corrected chi connectivity index (χ0v) is 15.0. The molecule has 6 heteroatoms. The monoisotopic (exact) mass is 377 g/mol. The van der Waals surface area contributed by atoms with E-state index < -0.39 is 11.9 Å². The van der Waals surface area contributed by atoms with Crippen molar-refractivity contribution in [2.75, 3.05) is 11.9 Å². The van der Waals surface area contributed by atoms with Crippen molar-refractivity contribution in [2.45, 2.75) is 25.7 Å². The van der Waals surface area contributed by atoms with Crippen LogP contribution in [0.25, 0.3) is 0 Å². The molecule has 4 nitrogen and oxygen atoms in total. The van der Waals surface area contributed by atoms with E-state index in [2.05, 4.69) is 17.4 Å². The van der Waals surface area contributed by atoms with Gasteiger partial charge in [0.25, 0.3) is 5.91 Å². The summed E-state index contributed by atoms with van der Waals surface area (Å²) in [6, 6.07) is 11.0. The Morgan fingerprint density at radius 2 is 1.88 bits per heavy atom. The van der Waals surface area contributed by atoms with Crippen LogP contribution in [0.5, 0.6) is 0 Å². The summed E-state index contributed by atoms with van der Waals surface area (Å²) in [5.74, 6) is -0.906. The molecule has 0 bridgehead atoms. The number of aryl methyl sites for hydroxylation is 2. The van der Waals surface area contributed by atoms with E-state index in [1.807, 2.05) is 6.07 Å². The second-order valence-electron chi connectivity index (χ2n) is 5.94. The fraction of sp³-hybridized carbons (Fsp3) is 0.263. The Morgan fingerprint density at radius 3 is 2.72 bits per heavy atom. The van der Waals surface area contributed by atoms with Crippen molar-refractivity contribution in [3.63, 3.8) is 0 Å². The lowest BCUT2D eigenvalue weighted by Crippen LogP contribution is -2.21. The summed E-state index contributed by atoms with van der Waals surface area (Å²) in [7, 11) is 0. The minimum atomic E-state index is -0.466. The molecular formula is C19H17Cl2NO3. The topological polar surface area (TPSA) is 55.4 Å². The van der Waals surface area contributed by atoms with Gasteiger partial charge in [0.1, 0.15) is 0 Å². The lowest BCUT2D eigenvalue weighted by atomic mass is 10.0. The SMILES string of the molecule is O=C(COC(=O)Cc1ccc2c(c1)CCC2)Nc1cccc(Cl)c1Cl. The first-order valence-electron chi connectivity index (χ1n) is 8.03. The highest BCUT2D eigenvalue weighted by Gasteiger charge is 2.14. The number of amides is 1. The fourth-order valence-electron chi connectivity index (χ4n) is 2.89. The second-order valence-corrected chi connectivity index (χ2v) is 6.73. The van der Waals surface area contributed by atoms with Gasteiger partial charge in [0.05, 0.1) is 22.2 Å². The highest BCUT2D eigenvalue weighted by molar-refractivity contribution is 6.44. The van der Waals surface area contributed by atoms with Crippen molar-refractivity contribution in [2.24, 2.45) is 0 Å². The Balaban J connectivity index is 1.50. The molecule has 3 rings (SSSR count). The first kappa shape index (κ1) is 17.8. The maximum atomic E-state index is 11.9. The molecule has 0 saturated heterocycles. The maximum Gasteiger partial charge on any atom is 0.310 e. The molecule has 25 heavy (non-hydrogen) atoms. The zero-order valence-electron chi connectivity index (χ0n) is 13.5. The second kappa shape index (κ2) is 7.89. The summed E-state index contributed by atoms with van der Waals surface area (Å²) in [5, 5.41) is 3.16. The molecule has 0 aromatic heterocycles. The number of anilines is 1. The van der Waals surface area contributed by atoms with Crippen LogP contribution < -0.4 is 5.32 Å². The van der Waals surface area contributed by atoms with Gasteiger partial charge in [-0.1, -0.05) is 47.5 Å². The van der Waals surface area contributed by atoms with Crippen molar-refractivity contribution >= 4 is 40.8 Å². The number of fused-ring (bicyclic) bond motifs is 1. The molecule has 0 heterocycles. The predicted molar refractivity (Wildman–Crippen MR) is 98.2 cm³/mol. The van der Waals surface area contributed by atoms with Crippen LogP contribution in [0.1, 0.15) is 23.1 Å². The van der Waals surface area contributed by atoms with E-state index in [0.29, 0.717) is 10.7 Å². The maximum absolute atomic E-state index is 11.9. The lowest BCUT2D eigenvalue weighted by molar-refractivity contribution is -0.146. The Labute approximate surface area is 156 Å². The van der Waals surface area contributed by atoms with Crippen molar-refractivity contribution in [1.29, 1.82) is 0 Å². The van der Waals surface area contributed by atoms with Crippen LogP contribution in [0.2, 0.25) is 10.0 Å². The third kappa shape index (κ3) is 4.53. The number of halogens is 2. The van der Waals surface area contributed by atoms with Gasteiger partial charge in [-0.2, -0.15) is 0 Å². The van der Waals surface area contributed by atoms with Gasteiger partial charge in [-0.25, -0.2) is 0 Å². The Morgan fingerprint density at radius 1 is 1.08 bits per heavy atom. The van der Waals surface area contributed by atoms with Crippen LogP contribution in [-0.2, 0) is 33.6 Å². The van der Waals surface area contributed by atoms with E-state index in [1.165, 1.54) is 11.1 Å². The highest BCUT2D eigenvalue weighted by atomic mass is 35.5. The number of nitrogens with one attached hydrogen (secondary N) is 1. The van der Waals surface area contributed by atoms with E-state index in [4.69, 9.17) is 27.9 Å². The number of carbonyl (C=O) groups is 2. The number of rotatable bonds is 5. The van der Waals surface area contributed by atoms with Crippen LogP contribution in [0, 0.1) is 0 Å². The van der Waals surface area contributed by atoms with Gasteiger partial charge in [-0.05, 0) is 48.1 Å². The van der Waals surface area contributed by atoms with Gasteiger partial charge >= 0.3 is 5.97 Å². The quantitative estimate of drug-likeness (QED) is 0.794. The summed E-state index contributed by atoms with van der Waals surface area (Å²) in [6.45, 7) is -0.368. The molecule has 0 saturated carbocycles. The minimum absolute atomic E-state index is 0.151. The van der Waals surface area contributed by atoms with Crippen molar-refractivity contribution in [3.8, 4) is 0 Å². The molecule has 1 aliphatic carbocycles. The molecule has 0 unspecified atom stereocenters. The first-order valence-corrected chi connectivity index (χ1v) is 8.78. The summed E-state index contributed by atoms with van der Waals surface area (Å²) in [6.07, 6.45) is 3.47. The van der Waals surface area contributed by atoms with Gasteiger partial charge in [-0.15, -0.1) is 0 Å². The normalized spacial score (nSPS) is 12.6. The summed E-state index contributed by atoms with van der Waals surface area (Å²) < 4.78 is 5.04. The third-order valence-electron chi connectivity index (χ3n) is 4.10. The Bertz CT molecular complexity index is 820. The molecule has 1 aliphatic rings. The summed E-state index contributed by atoms with van der Waals surface area (Å²) in [5.41, 5.74) is 3.95. The number of hydrogen-bond donors (Lipinski definition) is 1. The van der Waals surface area contributed by atoms with Crippen molar-refractivity contribution in [3.05, 3.63) is 63.1 Å². The van der Waals surface area contributed by atoms with Gasteiger partial charge < -0.3 is 10.1 Å². The van der Waals surface area contributed by atoms with Crippen LogP contribution in [-0.4, -0.2) is 18.5 Å². The number of carbonyl (C=O) groups excluding carboxylic acids is 2.